The molecule has 0 unspecified atom stereocenters. The summed E-state index contributed by atoms with van der Waals surface area (Å²) < 4.78 is 6.01. The second kappa shape index (κ2) is 8.45. The van der Waals surface area contributed by atoms with Gasteiger partial charge in [-0.15, -0.1) is 0 Å². The normalized spacial score (nSPS) is 11.6. The van der Waals surface area contributed by atoms with Crippen LogP contribution in [-0.4, -0.2) is 48.0 Å². The number of hydrogen-bond acceptors (Lipinski definition) is 6. The Labute approximate surface area is 170 Å². The van der Waals surface area contributed by atoms with Gasteiger partial charge in [0.15, 0.2) is 0 Å². The van der Waals surface area contributed by atoms with Crippen molar-refractivity contribution in [3.05, 3.63) is 54.2 Å². The molecule has 0 aliphatic carbocycles. The first-order valence-electron chi connectivity index (χ1n) is 9.46. The van der Waals surface area contributed by atoms with Crippen molar-refractivity contribution in [2.75, 3.05) is 32.5 Å². The lowest BCUT2D eigenvalue weighted by Crippen LogP contribution is -2.34. The SMILES string of the molecule is CN(C)CC(C)(C)CNc1nccc(Oc2ccc(C(N)=O)c3ccccc23)n1. The lowest BCUT2D eigenvalue weighted by molar-refractivity contribution is 0.100. The molecule has 1 heterocycles. The molecule has 3 aromatic rings. The summed E-state index contributed by atoms with van der Waals surface area (Å²) in [5, 5.41) is 4.83. The van der Waals surface area contributed by atoms with Gasteiger partial charge in [0, 0.05) is 36.3 Å². The molecule has 0 radical (unpaired) electrons. The van der Waals surface area contributed by atoms with Crippen molar-refractivity contribution in [3.63, 3.8) is 0 Å². The number of fused-ring (bicyclic) bond motifs is 1. The number of nitrogens with two attached hydrogens (primary N) is 1. The average molecular weight is 393 g/mol. The van der Waals surface area contributed by atoms with Crippen LogP contribution in [0.4, 0.5) is 5.95 Å². The third-order valence-corrected chi connectivity index (χ3v) is 4.46. The highest BCUT2D eigenvalue weighted by Gasteiger charge is 2.19. The molecule has 3 rings (SSSR count). The third-order valence-electron chi connectivity index (χ3n) is 4.46. The Morgan fingerprint density at radius 3 is 2.55 bits per heavy atom. The van der Waals surface area contributed by atoms with Crippen LogP contribution in [0.3, 0.4) is 0 Å². The molecule has 2 aromatic carbocycles. The van der Waals surface area contributed by atoms with E-state index in [1.807, 2.05) is 24.3 Å². The average Bonchev–Trinajstić information content (AvgIpc) is 2.66. The van der Waals surface area contributed by atoms with Gasteiger partial charge in [-0.2, -0.15) is 4.98 Å². The van der Waals surface area contributed by atoms with Crippen molar-refractivity contribution in [3.8, 4) is 11.6 Å². The molecule has 7 heteroatoms. The molecule has 0 spiro atoms. The van der Waals surface area contributed by atoms with E-state index in [0.29, 0.717) is 23.1 Å². The molecule has 0 saturated carbocycles. The number of hydrogen-bond donors (Lipinski definition) is 2. The number of anilines is 1. The summed E-state index contributed by atoms with van der Waals surface area (Å²) >= 11 is 0. The monoisotopic (exact) mass is 393 g/mol. The van der Waals surface area contributed by atoms with Crippen molar-refractivity contribution in [1.29, 1.82) is 0 Å². The fraction of sp³-hybridized carbons (Fsp3) is 0.318. The second-order valence-electron chi connectivity index (χ2n) is 8.10. The van der Waals surface area contributed by atoms with Crippen molar-refractivity contribution in [2.45, 2.75) is 13.8 Å². The summed E-state index contributed by atoms with van der Waals surface area (Å²) in [5.74, 6) is 1.06. The van der Waals surface area contributed by atoms with E-state index in [2.05, 4.69) is 48.1 Å². The summed E-state index contributed by atoms with van der Waals surface area (Å²) in [6.45, 7) is 6.04. The maximum atomic E-state index is 11.7. The Morgan fingerprint density at radius 1 is 1.14 bits per heavy atom. The molecule has 7 nitrogen and oxygen atoms in total. The quantitative estimate of drug-likeness (QED) is 0.608. The molecule has 0 aliphatic rings. The maximum absolute atomic E-state index is 11.7. The predicted molar refractivity (Wildman–Crippen MR) is 115 cm³/mol. The highest BCUT2D eigenvalue weighted by atomic mass is 16.5. The van der Waals surface area contributed by atoms with Gasteiger partial charge in [-0.25, -0.2) is 4.98 Å². The van der Waals surface area contributed by atoms with Gasteiger partial charge in [-0.3, -0.25) is 4.79 Å². The van der Waals surface area contributed by atoms with E-state index in [4.69, 9.17) is 10.5 Å². The van der Waals surface area contributed by atoms with Crippen molar-refractivity contribution >= 4 is 22.6 Å². The maximum Gasteiger partial charge on any atom is 0.249 e. The number of ether oxygens (including phenoxy) is 1. The summed E-state index contributed by atoms with van der Waals surface area (Å²) in [4.78, 5) is 22.6. The highest BCUT2D eigenvalue weighted by Crippen LogP contribution is 2.31. The minimum atomic E-state index is -0.471. The molecule has 0 saturated heterocycles. The zero-order chi connectivity index (χ0) is 21.0. The number of primary amides is 1. The summed E-state index contributed by atoms with van der Waals surface area (Å²) in [5.41, 5.74) is 6.01. The van der Waals surface area contributed by atoms with Crippen LogP contribution < -0.4 is 15.8 Å². The molecular formula is C22H27N5O2. The highest BCUT2D eigenvalue weighted by molar-refractivity contribution is 6.08. The summed E-state index contributed by atoms with van der Waals surface area (Å²) in [6.07, 6.45) is 1.66. The summed E-state index contributed by atoms with van der Waals surface area (Å²) in [6, 6.07) is 12.6. The van der Waals surface area contributed by atoms with Gasteiger partial charge in [0.05, 0.1) is 0 Å². The van der Waals surface area contributed by atoms with Crippen LogP contribution in [0.25, 0.3) is 10.8 Å². The molecule has 152 valence electrons. The largest absolute Gasteiger partial charge is 0.438 e. The van der Waals surface area contributed by atoms with E-state index in [1.165, 1.54) is 0 Å². The first-order valence-corrected chi connectivity index (χ1v) is 9.46. The smallest absolute Gasteiger partial charge is 0.249 e. The molecule has 3 N–H and O–H groups in total. The lowest BCUT2D eigenvalue weighted by Gasteiger charge is -2.28. The Balaban J connectivity index is 1.81. The zero-order valence-corrected chi connectivity index (χ0v) is 17.3. The van der Waals surface area contributed by atoms with Crippen LogP contribution in [-0.2, 0) is 0 Å². The van der Waals surface area contributed by atoms with Crippen molar-refractivity contribution < 1.29 is 9.53 Å². The molecule has 29 heavy (non-hydrogen) atoms. The van der Waals surface area contributed by atoms with Gasteiger partial charge in [0.25, 0.3) is 0 Å². The minimum absolute atomic E-state index is 0.0600. The van der Waals surface area contributed by atoms with Gasteiger partial charge in [-0.1, -0.05) is 38.1 Å². The molecule has 0 bridgehead atoms. The van der Waals surface area contributed by atoms with Gasteiger partial charge < -0.3 is 20.7 Å². The van der Waals surface area contributed by atoms with Crippen LogP contribution in [0.5, 0.6) is 11.6 Å². The van der Waals surface area contributed by atoms with Gasteiger partial charge >= 0.3 is 0 Å². The van der Waals surface area contributed by atoms with E-state index >= 15 is 0 Å². The van der Waals surface area contributed by atoms with Crippen molar-refractivity contribution in [2.24, 2.45) is 11.1 Å². The number of rotatable bonds is 8. The number of benzene rings is 2. The molecule has 0 atom stereocenters. The van der Waals surface area contributed by atoms with E-state index in [-0.39, 0.29) is 5.41 Å². The molecule has 1 aromatic heterocycles. The van der Waals surface area contributed by atoms with E-state index < -0.39 is 5.91 Å². The Hall–Kier alpha value is -3.19. The van der Waals surface area contributed by atoms with Gasteiger partial charge in [-0.05, 0) is 37.0 Å². The third kappa shape index (κ3) is 5.20. The molecule has 0 fully saturated rings. The minimum Gasteiger partial charge on any atom is -0.438 e. The summed E-state index contributed by atoms with van der Waals surface area (Å²) in [7, 11) is 4.11. The van der Waals surface area contributed by atoms with Crippen LogP contribution in [0, 0.1) is 5.41 Å². The fourth-order valence-electron chi connectivity index (χ4n) is 3.40. The van der Waals surface area contributed by atoms with E-state index in [1.54, 1.807) is 24.4 Å². The Kier molecular flexibility index (Phi) is 5.98. The standard InChI is InChI=1S/C22H27N5O2/c1-22(2,14-27(3)4)13-25-21-24-12-11-19(26-21)29-18-10-9-17(20(23)28)15-7-5-6-8-16(15)18/h5-12H,13-14H2,1-4H3,(H2,23,28)(H,24,25,26). The number of amides is 1. The fourth-order valence-corrected chi connectivity index (χ4v) is 3.40. The first kappa shape index (κ1) is 20.5. The number of carbonyl (C=O) groups excluding carboxylic acids is 1. The number of carbonyl (C=O) groups is 1. The van der Waals surface area contributed by atoms with Crippen LogP contribution >= 0.6 is 0 Å². The zero-order valence-electron chi connectivity index (χ0n) is 17.3. The Morgan fingerprint density at radius 2 is 1.86 bits per heavy atom. The van der Waals surface area contributed by atoms with Crippen LogP contribution in [0.1, 0.15) is 24.2 Å². The first-order chi connectivity index (χ1) is 13.7. The Bertz CT molecular complexity index is 1020. The van der Waals surface area contributed by atoms with Crippen LogP contribution in [0.15, 0.2) is 48.7 Å². The second-order valence-corrected chi connectivity index (χ2v) is 8.10. The topological polar surface area (TPSA) is 93.4 Å². The van der Waals surface area contributed by atoms with E-state index in [0.717, 1.165) is 23.9 Å². The number of nitrogens with one attached hydrogen (secondary N) is 1. The predicted octanol–water partition coefficient (Wildman–Crippen LogP) is 3.52. The van der Waals surface area contributed by atoms with E-state index in [9.17, 15) is 4.79 Å². The van der Waals surface area contributed by atoms with Crippen LogP contribution in [0.2, 0.25) is 0 Å². The number of aromatic nitrogens is 2. The molecule has 1 amide bonds. The lowest BCUT2D eigenvalue weighted by atomic mass is 9.93. The molecular weight excluding hydrogens is 366 g/mol. The number of nitrogens with zero attached hydrogens (tertiary/aromatic N) is 3. The van der Waals surface area contributed by atoms with Gasteiger partial charge in [0.2, 0.25) is 17.7 Å². The van der Waals surface area contributed by atoms with Gasteiger partial charge in [0.1, 0.15) is 5.75 Å². The van der Waals surface area contributed by atoms with Crippen molar-refractivity contribution in [1.82, 2.24) is 14.9 Å². The molecule has 0 aliphatic heterocycles.